The fourth-order valence-corrected chi connectivity index (χ4v) is 2.26. The Morgan fingerprint density at radius 2 is 2.18 bits per heavy atom. The predicted molar refractivity (Wildman–Crippen MR) is 47.5 cm³/mol. The first kappa shape index (κ1) is 9.05. The molecule has 0 aromatic carbocycles. The zero-order chi connectivity index (χ0) is 8.32. The molecule has 0 saturated heterocycles. The van der Waals surface area contributed by atoms with E-state index in [2.05, 4.69) is 13.8 Å². The van der Waals surface area contributed by atoms with Gasteiger partial charge in [-0.1, -0.05) is 26.7 Å². The molecule has 0 aromatic heterocycles. The first-order valence-corrected chi connectivity index (χ1v) is 4.92. The highest BCUT2D eigenvalue weighted by molar-refractivity contribution is 4.88. The molecule has 11 heavy (non-hydrogen) atoms. The molecule has 66 valence electrons. The number of rotatable bonds is 3. The quantitative estimate of drug-likeness (QED) is 0.666. The van der Waals surface area contributed by atoms with Gasteiger partial charge in [0.15, 0.2) is 0 Å². The molecule has 1 aliphatic rings. The Morgan fingerprint density at radius 3 is 2.64 bits per heavy atom. The maximum atomic E-state index is 9.99. The Kier molecular flexibility index (Phi) is 2.94. The van der Waals surface area contributed by atoms with Crippen molar-refractivity contribution in [2.75, 3.05) is 0 Å². The van der Waals surface area contributed by atoms with Crippen molar-refractivity contribution in [2.45, 2.75) is 58.0 Å². The third-order valence-corrected chi connectivity index (χ3v) is 2.98. The van der Waals surface area contributed by atoms with Gasteiger partial charge in [0.2, 0.25) is 0 Å². The Morgan fingerprint density at radius 1 is 1.45 bits per heavy atom. The van der Waals surface area contributed by atoms with Crippen LogP contribution in [0.2, 0.25) is 0 Å². The van der Waals surface area contributed by atoms with Crippen LogP contribution < -0.4 is 0 Å². The molecule has 1 saturated carbocycles. The molecule has 1 fully saturated rings. The lowest BCUT2D eigenvalue weighted by Crippen LogP contribution is -2.24. The summed E-state index contributed by atoms with van der Waals surface area (Å²) in [6, 6.07) is 0. The molecule has 1 aliphatic carbocycles. The van der Waals surface area contributed by atoms with Crippen LogP contribution in [0.1, 0.15) is 52.4 Å². The maximum Gasteiger partial charge on any atom is 0.0650 e. The fraction of sp³-hybridized carbons (Fsp3) is 1.00. The summed E-state index contributed by atoms with van der Waals surface area (Å²) in [5.74, 6) is 0.798. The summed E-state index contributed by atoms with van der Waals surface area (Å²) in [7, 11) is 0. The van der Waals surface area contributed by atoms with Crippen LogP contribution in [0.3, 0.4) is 0 Å². The van der Waals surface area contributed by atoms with Crippen molar-refractivity contribution < 1.29 is 5.11 Å². The Bertz CT molecular complexity index is 122. The van der Waals surface area contributed by atoms with E-state index in [1.54, 1.807) is 0 Å². The molecule has 1 nitrogen and oxygen atoms in total. The Labute approximate surface area is 69.8 Å². The minimum absolute atomic E-state index is 0.282. The van der Waals surface area contributed by atoms with Crippen LogP contribution in [0.4, 0.5) is 0 Å². The Balaban J connectivity index is 2.37. The van der Waals surface area contributed by atoms with Crippen LogP contribution >= 0.6 is 0 Å². The molecular formula is C10H20O. The smallest absolute Gasteiger partial charge is 0.0650 e. The molecule has 1 N–H and O–H groups in total. The molecule has 2 atom stereocenters. The molecule has 0 aromatic rings. The van der Waals surface area contributed by atoms with Gasteiger partial charge in [0.1, 0.15) is 0 Å². The molecular weight excluding hydrogens is 136 g/mol. The molecule has 0 heterocycles. The third kappa shape index (κ3) is 2.19. The molecule has 0 aliphatic heterocycles. The Hall–Kier alpha value is -0.0400. The van der Waals surface area contributed by atoms with Gasteiger partial charge in [-0.3, -0.25) is 0 Å². The summed E-state index contributed by atoms with van der Waals surface area (Å²) in [4.78, 5) is 0. The second kappa shape index (κ2) is 3.57. The van der Waals surface area contributed by atoms with E-state index >= 15 is 0 Å². The van der Waals surface area contributed by atoms with Gasteiger partial charge in [0.05, 0.1) is 5.60 Å². The second-order valence-electron chi connectivity index (χ2n) is 3.99. The summed E-state index contributed by atoms with van der Waals surface area (Å²) >= 11 is 0. The topological polar surface area (TPSA) is 20.2 Å². The van der Waals surface area contributed by atoms with Crippen molar-refractivity contribution in [3.05, 3.63) is 0 Å². The van der Waals surface area contributed by atoms with Crippen LogP contribution in [-0.4, -0.2) is 10.7 Å². The van der Waals surface area contributed by atoms with Crippen molar-refractivity contribution >= 4 is 0 Å². The van der Waals surface area contributed by atoms with Crippen LogP contribution in [0.5, 0.6) is 0 Å². The minimum atomic E-state index is -0.282. The van der Waals surface area contributed by atoms with Crippen molar-refractivity contribution in [3.8, 4) is 0 Å². The average molecular weight is 156 g/mol. The monoisotopic (exact) mass is 156 g/mol. The van der Waals surface area contributed by atoms with Crippen molar-refractivity contribution in [3.63, 3.8) is 0 Å². The van der Waals surface area contributed by atoms with E-state index < -0.39 is 0 Å². The van der Waals surface area contributed by atoms with Gasteiger partial charge in [-0.25, -0.2) is 0 Å². The van der Waals surface area contributed by atoms with E-state index in [-0.39, 0.29) is 5.60 Å². The summed E-state index contributed by atoms with van der Waals surface area (Å²) < 4.78 is 0. The molecule has 0 amide bonds. The van der Waals surface area contributed by atoms with E-state index in [0.717, 1.165) is 31.6 Å². The van der Waals surface area contributed by atoms with Crippen molar-refractivity contribution in [2.24, 2.45) is 5.92 Å². The highest BCUT2D eigenvalue weighted by Gasteiger charge is 2.35. The van der Waals surface area contributed by atoms with Gasteiger partial charge in [-0.2, -0.15) is 0 Å². The zero-order valence-electron chi connectivity index (χ0n) is 7.77. The van der Waals surface area contributed by atoms with Gasteiger partial charge < -0.3 is 5.11 Å². The second-order valence-corrected chi connectivity index (χ2v) is 3.99. The van der Waals surface area contributed by atoms with E-state index in [4.69, 9.17) is 0 Å². The highest BCUT2D eigenvalue weighted by atomic mass is 16.3. The largest absolute Gasteiger partial charge is 0.390 e. The normalized spacial score (nSPS) is 37.9. The van der Waals surface area contributed by atoms with Crippen molar-refractivity contribution in [1.29, 1.82) is 0 Å². The lowest BCUT2D eigenvalue weighted by Gasteiger charge is -2.21. The van der Waals surface area contributed by atoms with Gasteiger partial charge in [0.25, 0.3) is 0 Å². The molecule has 0 bridgehead atoms. The van der Waals surface area contributed by atoms with E-state index in [1.807, 2.05) is 0 Å². The number of hydrogen-bond acceptors (Lipinski definition) is 1. The van der Waals surface area contributed by atoms with Gasteiger partial charge in [-0.05, 0) is 31.6 Å². The zero-order valence-corrected chi connectivity index (χ0v) is 7.77. The fourth-order valence-electron chi connectivity index (χ4n) is 2.26. The molecule has 0 spiro atoms. The summed E-state index contributed by atoms with van der Waals surface area (Å²) in [6.07, 6.45) is 6.70. The number of hydrogen-bond donors (Lipinski definition) is 1. The molecule has 1 heteroatoms. The molecule has 0 radical (unpaired) electrons. The van der Waals surface area contributed by atoms with E-state index in [0.29, 0.717) is 0 Å². The SMILES string of the molecule is CCC[C@]1(O)CC[C@@H](CC)C1. The van der Waals surface area contributed by atoms with Crippen LogP contribution in [0.15, 0.2) is 0 Å². The number of aliphatic hydroxyl groups is 1. The lowest BCUT2D eigenvalue weighted by atomic mass is 9.94. The molecule has 0 unspecified atom stereocenters. The minimum Gasteiger partial charge on any atom is -0.390 e. The first-order valence-electron chi connectivity index (χ1n) is 4.92. The maximum absolute atomic E-state index is 9.99. The highest BCUT2D eigenvalue weighted by Crippen LogP contribution is 2.38. The van der Waals surface area contributed by atoms with Crippen LogP contribution in [0.25, 0.3) is 0 Å². The van der Waals surface area contributed by atoms with E-state index in [1.165, 1.54) is 12.8 Å². The summed E-state index contributed by atoms with van der Waals surface area (Å²) in [6.45, 7) is 4.37. The van der Waals surface area contributed by atoms with Crippen LogP contribution in [0, 0.1) is 5.92 Å². The van der Waals surface area contributed by atoms with Crippen LogP contribution in [-0.2, 0) is 0 Å². The van der Waals surface area contributed by atoms with Gasteiger partial charge in [0, 0.05) is 0 Å². The average Bonchev–Trinajstić information content (AvgIpc) is 2.33. The van der Waals surface area contributed by atoms with Gasteiger partial charge in [-0.15, -0.1) is 0 Å². The van der Waals surface area contributed by atoms with E-state index in [9.17, 15) is 5.11 Å². The molecule has 1 rings (SSSR count). The predicted octanol–water partition coefficient (Wildman–Crippen LogP) is 2.73. The van der Waals surface area contributed by atoms with Crippen molar-refractivity contribution in [1.82, 2.24) is 0 Å². The first-order chi connectivity index (χ1) is 5.20. The lowest BCUT2D eigenvalue weighted by molar-refractivity contribution is 0.0338. The summed E-state index contributed by atoms with van der Waals surface area (Å²) in [5, 5.41) is 9.99. The standard InChI is InChI=1S/C10H20O/c1-3-6-10(11)7-5-9(4-2)8-10/h9,11H,3-8H2,1-2H3/t9-,10+/m1/s1. The summed E-state index contributed by atoms with van der Waals surface area (Å²) in [5.41, 5.74) is -0.282. The third-order valence-electron chi connectivity index (χ3n) is 2.98. The van der Waals surface area contributed by atoms with Gasteiger partial charge >= 0.3 is 0 Å².